The third kappa shape index (κ3) is 3.89. The fourth-order valence-electron chi connectivity index (χ4n) is 1.73. The zero-order valence-corrected chi connectivity index (χ0v) is 13.9. The monoisotopic (exact) mass is 330 g/mol. The molecule has 0 spiro atoms. The van der Waals surface area contributed by atoms with E-state index in [9.17, 15) is 8.42 Å². The van der Waals surface area contributed by atoms with Crippen molar-refractivity contribution in [2.45, 2.75) is 31.3 Å². The van der Waals surface area contributed by atoms with E-state index in [-0.39, 0.29) is 0 Å². The van der Waals surface area contributed by atoms with Crippen molar-refractivity contribution in [3.63, 3.8) is 0 Å². The minimum absolute atomic E-state index is 0.347. The van der Waals surface area contributed by atoms with Gasteiger partial charge in [-0.2, -0.15) is 0 Å². The van der Waals surface area contributed by atoms with Crippen LogP contribution in [0.4, 0.5) is 0 Å². The van der Waals surface area contributed by atoms with E-state index < -0.39 is 10.0 Å². The van der Waals surface area contributed by atoms with Crippen molar-refractivity contribution < 1.29 is 8.42 Å². The summed E-state index contributed by atoms with van der Waals surface area (Å²) in [6, 6.07) is 5.74. The first kappa shape index (κ1) is 15.7. The van der Waals surface area contributed by atoms with Gasteiger partial charge >= 0.3 is 0 Å². The first-order valence-corrected chi connectivity index (χ1v) is 9.52. The van der Waals surface area contributed by atoms with E-state index >= 15 is 0 Å². The topological polar surface area (TPSA) is 58.2 Å². The molecule has 0 bridgehead atoms. The van der Waals surface area contributed by atoms with Gasteiger partial charge in [-0.25, -0.2) is 13.1 Å². The molecular weight excluding hydrogens is 312 g/mol. The molecule has 0 radical (unpaired) electrons. The van der Waals surface area contributed by atoms with Crippen LogP contribution in [0.5, 0.6) is 0 Å². The summed E-state index contributed by atoms with van der Waals surface area (Å²) >= 11 is 3.10. The lowest BCUT2D eigenvalue weighted by molar-refractivity contribution is 0.582. The van der Waals surface area contributed by atoms with Crippen LogP contribution in [0, 0.1) is 0 Å². The fourth-order valence-corrected chi connectivity index (χ4v) is 5.01. The second kappa shape index (κ2) is 6.82. The maximum Gasteiger partial charge on any atom is 0.241 e. The Labute approximate surface area is 127 Å². The lowest BCUT2D eigenvalue weighted by Crippen LogP contribution is -2.22. The minimum Gasteiger partial charge on any atom is -0.315 e. The van der Waals surface area contributed by atoms with Crippen molar-refractivity contribution in [1.82, 2.24) is 10.0 Å². The van der Waals surface area contributed by atoms with E-state index in [1.54, 1.807) is 22.8 Å². The van der Waals surface area contributed by atoms with E-state index in [0.717, 1.165) is 16.2 Å². The molecule has 2 rings (SSSR count). The molecule has 0 atom stereocenters. The average Bonchev–Trinajstić information content (AvgIpc) is 3.06. The first-order chi connectivity index (χ1) is 9.55. The van der Waals surface area contributed by atoms with E-state index in [1.807, 2.05) is 19.2 Å². The van der Waals surface area contributed by atoms with Crippen LogP contribution in [0.3, 0.4) is 0 Å². The molecule has 0 aromatic carbocycles. The summed E-state index contributed by atoms with van der Waals surface area (Å²) in [5, 5.41) is 4.69. The predicted molar refractivity (Wildman–Crippen MR) is 84.8 cm³/mol. The molecule has 20 heavy (non-hydrogen) atoms. The van der Waals surface area contributed by atoms with Crippen LogP contribution in [0.2, 0.25) is 0 Å². The van der Waals surface area contributed by atoms with E-state index in [2.05, 4.69) is 17.0 Å². The van der Waals surface area contributed by atoms with E-state index in [1.165, 1.54) is 16.2 Å². The Hall–Kier alpha value is -0.730. The highest BCUT2D eigenvalue weighted by Crippen LogP contribution is 2.21. The lowest BCUT2D eigenvalue weighted by Gasteiger charge is -2.03. The third-order valence-corrected chi connectivity index (χ3v) is 6.49. The lowest BCUT2D eigenvalue weighted by atomic mass is 10.4. The van der Waals surface area contributed by atoms with Gasteiger partial charge in [0.1, 0.15) is 0 Å². The Balaban J connectivity index is 2.02. The maximum atomic E-state index is 12.2. The zero-order chi connectivity index (χ0) is 14.6. The number of sulfonamides is 1. The fraction of sp³-hybridized carbons (Fsp3) is 0.385. The van der Waals surface area contributed by atoms with Crippen LogP contribution in [0.15, 0.2) is 28.5 Å². The van der Waals surface area contributed by atoms with Crippen LogP contribution in [0.1, 0.15) is 21.6 Å². The number of nitrogens with one attached hydrogen (secondary N) is 2. The summed E-state index contributed by atoms with van der Waals surface area (Å²) in [6.07, 6.45) is 0.981. The number of hydrogen-bond donors (Lipinski definition) is 2. The SMILES string of the molecule is CCc1ccc(CNS(=O)(=O)c2csc(CNC)c2)s1. The van der Waals surface area contributed by atoms with Gasteiger partial charge in [0.05, 0.1) is 4.90 Å². The summed E-state index contributed by atoms with van der Waals surface area (Å²) in [5.74, 6) is 0. The van der Waals surface area contributed by atoms with Gasteiger partial charge in [0, 0.05) is 33.1 Å². The van der Waals surface area contributed by atoms with Crippen molar-refractivity contribution in [2.75, 3.05) is 7.05 Å². The van der Waals surface area contributed by atoms with Gasteiger partial charge in [0.25, 0.3) is 0 Å². The van der Waals surface area contributed by atoms with Crippen LogP contribution in [-0.4, -0.2) is 15.5 Å². The van der Waals surface area contributed by atoms with Gasteiger partial charge in [-0.15, -0.1) is 22.7 Å². The van der Waals surface area contributed by atoms with Crippen LogP contribution < -0.4 is 10.0 Å². The summed E-state index contributed by atoms with van der Waals surface area (Å²) < 4.78 is 27.0. The molecule has 2 aromatic rings. The Morgan fingerprint density at radius 3 is 2.55 bits per heavy atom. The number of rotatable bonds is 7. The summed E-state index contributed by atoms with van der Waals surface area (Å²) in [4.78, 5) is 3.67. The normalized spacial score (nSPS) is 11.9. The molecular formula is C13H18N2O2S3. The van der Waals surface area contributed by atoms with Crippen molar-refractivity contribution in [2.24, 2.45) is 0 Å². The summed E-state index contributed by atoms with van der Waals surface area (Å²) in [7, 11) is -1.57. The van der Waals surface area contributed by atoms with Gasteiger partial charge in [-0.05, 0) is 31.7 Å². The second-order valence-corrected chi connectivity index (χ2v) is 8.34. The average molecular weight is 330 g/mol. The Kier molecular flexibility index (Phi) is 5.34. The largest absolute Gasteiger partial charge is 0.315 e. The molecule has 2 aromatic heterocycles. The van der Waals surface area contributed by atoms with Gasteiger partial charge in [0.15, 0.2) is 0 Å². The Morgan fingerprint density at radius 1 is 1.15 bits per heavy atom. The number of hydrogen-bond acceptors (Lipinski definition) is 5. The van der Waals surface area contributed by atoms with E-state index in [0.29, 0.717) is 18.0 Å². The molecule has 110 valence electrons. The molecule has 2 heterocycles. The second-order valence-electron chi connectivity index (χ2n) is 4.33. The van der Waals surface area contributed by atoms with Crippen molar-refractivity contribution in [3.8, 4) is 0 Å². The van der Waals surface area contributed by atoms with Crippen molar-refractivity contribution in [3.05, 3.63) is 38.2 Å². The van der Waals surface area contributed by atoms with E-state index in [4.69, 9.17) is 0 Å². The standard InChI is InChI=1S/C13H18N2O2S3/c1-3-10-4-5-11(19-10)8-15-20(16,17)13-6-12(7-14-2)18-9-13/h4-6,9,14-15H,3,7-8H2,1-2H3. The number of thiophene rings is 2. The summed E-state index contributed by atoms with van der Waals surface area (Å²) in [6.45, 7) is 3.13. The van der Waals surface area contributed by atoms with Gasteiger partial charge < -0.3 is 5.32 Å². The van der Waals surface area contributed by atoms with Crippen molar-refractivity contribution in [1.29, 1.82) is 0 Å². The van der Waals surface area contributed by atoms with Crippen LogP contribution in [0.25, 0.3) is 0 Å². The van der Waals surface area contributed by atoms with Gasteiger partial charge in [-0.3, -0.25) is 0 Å². The van der Waals surface area contributed by atoms with Crippen LogP contribution >= 0.6 is 22.7 Å². The summed E-state index contributed by atoms with van der Waals surface area (Å²) in [5.41, 5.74) is 0. The van der Waals surface area contributed by atoms with Gasteiger partial charge in [-0.1, -0.05) is 6.92 Å². The molecule has 0 unspecified atom stereocenters. The van der Waals surface area contributed by atoms with Crippen LogP contribution in [-0.2, 0) is 29.5 Å². The highest BCUT2D eigenvalue weighted by molar-refractivity contribution is 7.89. The maximum absolute atomic E-state index is 12.2. The van der Waals surface area contributed by atoms with Gasteiger partial charge in [0.2, 0.25) is 10.0 Å². The molecule has 0 amide bonds. The molecule has 0 aliphatic carbocycles. The molecule has 0 aliphatic heterocycles. The molecule has 7 heteroatoms. The van der Waals surface area contributed by atoms with Crippen molar-refractivity contribution >= 4 is 32.7 Å². The third-order valence-electron chi connectivity index (χ3n) is 2.79. The first-order valence-electron chi connectivity index (χ1n) is 6.34. The molecule has 2 N–H and O–H groups in total. The smallest absolute Gasteiger partial charge is 0.241 e. The minimum atomic E-state index is -3.41. The molecule has 0 fully saturated rings. The predicted octanol–water partition coefficient (Wildman–Crippen LogP) is 2.57. The molecule has 4 nitrogen and oxygen atoms in total. The Morgan fingerprint density at radius 2 is 1.90 bits per heavy atom. The molecule has 0 aliphatic rings. The highest BCUT2D eigenvalue weighted by Gasteiger charge is 2.16. The number of aryl methyl sites for hydroxylation is 1. The Bertz CT molecular complexity index is 659. The molecule has 0 saturated carbocycles. The quantitative estimate of drug-likeness (QED) is 0.820. The highest BCUT2D eigenvalue weighted by atomic mass is 32.2. The zero-order valence-electron chi connectivity index (χ0n) is 11.5. The molecule has 0 saturated heterocycles.